The summed E-state index contributed by atoms with van der Waals surface area (Å²) < 4.78 is 18.2. The lowest BCUT2D eigenvalue weighted by molar-refractivity contribution is -0.133. The Morgan fingerprint density at radius 1 is 1.12 bits per heavy atom. The predicted molar refractivity (Wildman–Crippen MR) is 134 cm³/mol. The number of carbonyl (C=O) groups is 1. The summed E-state index contributed by atoms with van der Waals surface area (Å²) in [5, 5.41) is 0.133. The van der Waals surface area contributed by atoms with Gasteiger partial charge in [-0.1, -0.05) is 78.3 Å². The maximum Gasteiger partial charge on any atom is 0.192 e. The van der Waals surface area contributed by atoms with E-state index in [1.54, 1.807) is 0 Å². The van der Waals surface area contributed by atoms with Crippen LogP contribution in [0.4, 0.5) is 0 Å². The number of ketones is 1. The van der Waals surface area contributed by atoms with E-state index in [0.29, 0.717) is 19.1 Å². The summed E-state index contributed by atoms with van der Waals surface area (Å²) in [5.41, 5.74) is -0.0188. The molecule has 0 saturated carbocycles. The Bertz CT molecular complexity index is 738. The molecule has 32 heavy (non-hydrogen) atoms. The molecule has 1 aromatic carbocycles. The van der Waals surface area contributed by atoms with Crippen LogP contribution in [0, 0.1) is 11.3 Å². The number of unbranched alkanes of at least 4 members (excludes halogenated alkanes) is 1. The summed E-state index contributed by atoms with van der Waals surface area (Å²) in [7, 11) is -1.89. The third kappa shape index (κ3) is 6.99. The Morgan fingerprint density at radius 2 is 1.75 bits per heavy atom. The summed E-state index contributed by atoms with van der Waals surface area (Å²) in [4.78, 5) is 13.4. The number of hydrogen-bond acceptors (Lipinski definition) is 4. The number of Topliss-reactive ketones (excluding diaryl/α,β-unsaturated/α-hetero) is 1. The molecule has 4 nitrogen and oxygen atoms in total. The van der Waals surface area contributed by atoms with Crippen molar-refractivity contribution in [2.45, 2.75) is 104 Å². The second kappa shape index (κ2) is 10.5. The molecule has 1 aliphatic heterocycles. The molecule has 0 radical (unpaired) electrons. The molecule has 0 spiro atoms. The van der Waals surface area contributed by atoms with Crippen LogP contribution in [0.25, 0.3) is 0 Å². The molecule has 0 unspecified atom stereocenters. The zero-order chi connectivity index (χ0) is 24.2. The van der Waals surface area contributed by atoms with Gasteiger partial charge in [-0.15, -0.1) is 0 Å². The minimum absolute atomic E-state index is 0.00684. The fourth-order valence-corrected chi connectivity index (χ4v) is 5.13. The number of ether oxygens (including phenoxy) is 2. The molecule has 5 heteroatoms. The van der Waals surface area contributed by atoms with E-state index in [1.807, 2.05) is 39.0 Å². The van der Waals surface area contributed by atoms with E-state index in [-0.39, 0.29) is 16.9 Å². The van der Waals surface area contributed by atoms with Crippen molar-refractivity contribution in [2.75, 3.05) is 13.2 Å². The van der Waals surface area contributed by atoms with Crippen molar-refractivity contribution in [1.82, 2.24) is 0 Å². The highest BCUT2D eigenvalue weighted by Crippen LogP contribution is 2.47. The predicted octanol–water partition coefficient (Wildman–Crippen LogP) is 6.78. The SMILES string of the molecule is C[C@@H](CCCCOCc1ccccc1)[C@@H]1O[C@@]1(C)C(=O)C(C)(C)CO[Si](C)(C)C(C)(C)C. The summed E-state index contributed by atoms with van der Waals surface area (Å²) in [6, 6.07) is 10.3. The molecule has 0 N–H and O–H groups in total. The van der Waals surface area contributed by atoms with Crippen LogP contribution in [0.2, 0.25) is 18.1 Å². The standard InChI is InChI=1S/C27H46O4Si/c1-21(15-13-14-18-29-19-22-16-11-10-12-17-22)23-27(7,31-23)24(28)26(5,6)20-30-32(8,9)25(2,3)4/h10-12,16-17,21,23H,13-15,18-20H2,1-9H3/t21-,23-,27+/m0/s1. The van der Waals surface area contributed by atoms with Crippen LogP contribution in [-0.2, 0) is 25.3 Å². The van der Waals surface area contributed by atoms with Gasteiger partial charge in [0.05, 0.1) is 12.7 Å². The summed E-state index contributed by atoms with van der Waals surface area (Å²) in [6.07, 6.45) is 3.16. The third-order valence-electron chi connectivity index (χ3n) is 7.35. The topological polar surface area (TPSA) is 48.1 Å². The second-order valence-corrected chi connectivity index (χ2v) is 16.7. The van der Waals surface area contributed by atoms with E-state index in [4.69, 9.17) is 13.9 Å². The first-order valence-electron chi connectivity index (χ1n) is 12.2. The van der Waals surface area contributed by atoms with Crippen molar-refractivity contribution < 1.29 is 18.7 Å². The van der Waals surface area contributed by atoms with Gasteiger partial charge in [0.1, 0.15) is 0 Å². The van der Waals surface area contributed by atoms with Crippen LogP contribution in [0.15, 0.2) is 30.3 Å². The van der Waals surface area contributed by atoms with Gasteiger partial charge in [-0.3, -0.25) is 4.79 Å². The lowest BCUT2D eigenvalue weighted by atomic mass is 9.78. The summed E-state index contributed by atoms with van der Waals surface area (Å²) in [5.74, 6) is 0.530. The zero-order valence-electron chi connectivity index (χ0n) is 21.9. The maximum atomic E-state index is 13.4. The van der Waals surface area contributed by atoms with Crippen molar-refractivity contribution >= 4 is 14.1 Å². The monoisotopic (exact) mass is 462 g/mol. The van der Waals surface area contributed by atoms with E-state index >= 15 is 0 Å². The first-order valence-corrected chi connectivity index (χ1v) is 15.1. The van der Waals surface area contributed by atoms with Gasteiger partial charge in [0.15, 0.2) is 19.7 Å². The van der Waals surface area contributed by atoms with Crippen molar-refractivity contribution in [3.8, 4) is 0 Å². The molecule has 3 atom stereocenters. The van der Waals surface area contributed by atoms with E-state index in [0.717, 1.165) is 25.9 Å². The normalized spacial score (nSPS) is 22.6. The highest BCUT2D eigenvalue weighted by atomic mass is 28.4. The number of hydrogen-bond donors (Lipinski definition) is 0. The van der Waals surface area contributed by atoms with Crippen LogP contribution < -0.4 is 0 Å². The van der Waals surface area contributed by atoms with Gasteiger partial charge >= 0.3 is 0 Å². The Kier molecular flexibility index (Phi) is 8.94. The quantitative estimate of drug-likeness (QED) is 0.184. The number of carbonyl (C=O) groups excluding carboxylic acids is 1. The number of epoxide rings is 1. The third-order valence-corrected chi connectivity index (χ3v) is 11.8. The van der Waals surface area contributed by atoms with E-state index in [9.17, 15) is 4.79 Å². The van der Waals surface area contributed by atoms with Crippen LogP contribution in [0.1, 0.15) is 73.3 Å². The molecule has 1 fully saturated rings. The molecule has 0 amide bonds. The Hall–Kier alpha value is -1.01. The molecule has 1 saturated heterocycles. The molecule has 0 aromatic heterocycles. The molecular formula is C27H46O4Si. The highest BCUT2D eigenvalue weighted by molar-refractivity contribution is 6.74. The van der Waals surface area contributed by atoms with E-state index in [1.165, 1.54) is 5.56 Å². The first-order chi connectivity index (χ1) is 14.7. The minimum Gasteiger partial charge on any atom is -0.416 e. The smallest absolute Gasteiger partial charge is 0.192 e. The van der Waals surface area contributed by atoms with Gasteiger partial charge in [-0.2, -0.15) is 0 Å². The first kappa shape index (κ1) is 27.2. The van der Waals surface area contributed by atoms with E-state index < -0.39 is 19.3 Å². The van der Waals surface area contributed by atoms with Crippen LogP contribution >= 0.6 is 0 Å². The van der Waals surface area contributed by atoms with Gasteiger partial charge < -0.3 is 13.9 Å². The Balaban J connectivity index is 1.73. The molecular weight excluding hydrogens is 416 g/mol. The molecule has 1 heterocycles. The van der Waals surface area contributed by atoms with Gasteiger partial charge in [0.25, 0.3) is 0 Å². The van der Waals surface area contributed by atoms with Crippen molar-refractivity contribution in [3.05, 3.63) is 35.9 Å². The largest absolute Gasteiger partial charge is 0.416 e. The molecule has 0 bridgehead atoms. The van der Waals surface area contributed by atoms with Gasteiger partial charge in [0.2, 0.25) is 0 Å². The molecule has 0 aliphatic carbocycles. The lowest BCUT2D eigenvalue weighted by Gasteiger charge is -2.39. The second-order valence-electron chi connectivity index (χ2n) is 11.9. The number of rotatable bonds is 13. The Morgan fingerprint density at radius 3 is 2.34 bits per heavy atom. The minimum atomic E-state index is -1.89. The van der Waals surface area contributed by atoms with Gasteiger partial charge in [-0.25, -0.2) is 0 Å². The van der Waals surface area contributed by atoms with Crippen LogP contribution in [-0.4, -0.2) is 39.0 Å². The summed E-state index contributed by atoms with van der Waals surface area (Å²) >= 11 is 0. The fourth-order valence-electron chi connectivity index (χ4n) is 3.97. The average Bonchev–Trinajstić information content (AvgIpc) is 3.41. The van der Waals surface area contributed by atoms with Crippen LogP contribution in [0.5, 0.6) is 0 Å². The number of benzene rings is 1. The molecule has 2 rings (SSSR count). The van der Waals surface area contributed by atoms with Gasteiger partial charge in [-0.05, 0) is 49.4 Å². The van der Waals surface area contributed by atoms with E-state index in [2.05, 4.69) is 52.9 Å². The fraction of sp³-hybridized carbons (Fsp3) is 0.741. The maximum absolute atomic E-state index is 13.4. The van der Waals surface area contributed by atoms with Crippen molar-refractivity contribution in [1.29, 1.82) is 0 Å². The average molecular weight is 463 g/mol. The molecule has 182 valence electrons. The Labute approximate surface area is 197 Å². The van der Waals surface area contributed by atoms with Crippen LogP contribution in [0.3, 0.4) is 0 Å². The highest BCUT2D eigenvalue weighted by Gasteiger charge is 2.63. The molecule has 1 aliphatic rings. The zero-order valence-corrected chi connectivity index (χ0v) is 22.9. The summed E-state index contributed by atoms with van der Waals surface area (Å²) in [6.45, 7) is 21.2. The van der Waals surface area contributed by atoms with Crippen molar-refractivity contribution in [3.63, 3.8) is 0 Å². The van der Waals surface area contributed by atoms with Gasteiger partial charge in [0, 0.05) is 18.6 Å². The van der Waals surface area contributed by atoms with Crippen molar-refractivity contribution in [2.24, 2.45) is 11.3 Å². The molecule has 1 aromatic rings. The lowest BCUT2D eigenvalue weighted by Crippen LogP contribution is -2.47.